The van der Waals surface area contributed by atoms with Gasteiger partial charge in [-0.05, 0) is 54.8 Å². The van der Waals surface area contributed by atoms with Crippen molar-refractivity contribution in [3.05, 3.63) is 54.1 Å². The Hall–Kier alpha value is -3.55. The second kappa shape index (κ2) is 9.78. The Morgan fingerprint density at radius 2 is 1.60 bits per heavy atom. The summed E-state index contributed by atoms with van der Waals surface area (Å²) in [5, 5.41) is 5.43. The topological polar surface area (TPSA) is 97.0 Å². The maximum atomic E-state index is 12.6. The standard InChI is InChI=1S/C22H25N3O5/c1-29-17-7-3-15(4-8-17)13-14-25-21(27)19(24-22(25)28)11-12-20(26)23-16-5-9-18(30-2)10-6-16/h3-10,19H,11-14H2,1-2H3,(H,23,26)(H,24,28). The average Bonchev–Trinajstić information content (AvgIpc) is 3.04. The number of benzene rings is 2. The summed E-state index contributed by atoms with van der Waals surface area (Å²) in [6, 6.07) is 13.3. The fraction of sp³-hybridized carbons (Fsp3) is 0.318. The van der Waals surface area contributed by atoms with Crippen LogP contribution in [-0.2, 0) is 16.0 Å². The van der Waals surface area contributed by atoms with Crippen LogP contribution in [0.4, 0.5) is 10.5 Å². The molecule has 8 heteroatoms. The molecule has 1 saturated heterocycles. The summed E-state index contributed by atoms with van der Waals surface area (Å²) in [6.45, 7) is 0.283. The highest BCUT2D eigenvalue weighted by Crippen LogP contribution is 2.17. The van der Waals surface area contributed by atoms with E-state index < -0.39 is 12.1 Å². The van der Waals surface area contributed by atoms with Crippen LogP contribution in [0.15, 0.2) is 48.5 Å². The van der Waals surface area contributed by atoms with Gasteiger partial charge >= 0.3 is 6.03 Å². The number of carbonyl (C=O) groups is 3. The van der Waals surface area contributed by atoms with Crippen molar-refractivity contribution in [1.29, 1.82) is 0 Å². The van der Waals surface area contributed by atoms with Gasteiger partial charge in [0.05, 0.1) is 14.2 Å². The van der Waals surface area contributed by atoms with Crippen LogP contribution in [0.2, 0.25) is 0 Å². The number of amides is 4. The quantitative estimate of drug-likeness (QED) is 0.618. The van der Waals surface area contributed by atoms with Crippen molar-refractivity contribution in [2.75, 3.05) is 26.1 Å². The molecule has 0 radical (unpaired) electrons. The van der Waals surface area contributed by atoms with Crippen LogP contribution in [0.25, 0.3) is 0 Å². The molecule has 2 aromatic rings. The molecule has 0 aromatic heterocycles. The van der Waals surface area contributed by atoms with Gasteiger partial charge in [0.25, 0.3) is 5.91 Å². The number of imide groups is 1. The first kappa shape index (κ1) is 21.2. The summed E-state index contributed by atoms with van der Waals surface area (Å²) in [5.74, 6) is 0.924. The first-order valence-electron chi connectivity index (χ1n) is 9.69. The fourth-order valence-corrected chi connectivity index (χ4v) is 3.19. The van der Waals surface area contributed by atoms with Crippen LogP contribution >= 0.6 is 0 Å². The third-order valence-electron chi connectivity index (χ3n) is 4.92. The van der Waals surface area contributed by atoms with E-state index in [0.717, 1.165) is 11.3 Å². The number of carbonyl (C=O) groups excluding carboxylic acids is 3. The van der Waals surface area contributed by atoms with Gasteiger partial charge in [-0.2, -0.15) is 0 Å². The van der Waals surface area contributed by atoms with Gasteiger partial charge in [-0.3, -0.25) is 14.5 Å². The molecule has 4 amide bonds. The van der Waals surface area contributed by atoms with Crippen LogP contribution in [0.5, 0.6) is 11.5 Å². The summed E-state index contributed by atoms with van der Waals surface area (Å²) in [4.78, 5) is 38.1. The van der Waals surface area contributed by atoms with E-state index in [4.69, 9.17) is 9.47 Å². The van der Waals surface area contributed by atoms with Gasteiger partial charge in [-0.1, -0.05) is 12.1 Å². The summed E-state index contributed by atoms with van der Waals surface area (Å²) in [6.07, 6.45) is 0.911. The monoisotopic (exact) mass is 411 g/mol. The van der Waals surface area contributed by atoms with Gasteiger partial charge in [-0.25, -0.2) is 4.79 Å². The Kier molecular flexibility index (Phi) is 6.90. The molecule has 2 N–H and O–H groups in total. The minimum Gasteiger partial charge on any atom is -0.497 e. The van der Waals surface area contributed by atoms with Gasteiger partial charge in [-0.15, -0.1) is 0 Å². The molecule has 0 spiro atoms. The Labute approximate surface area is 175 Å². The number of methoxy groups -OCH3 is 2. The minimum atomic E-state index is -0.685. The summed E-state index contributed by atoms with van der Waals surface area (Å²) >= 11 is 0. The zero-order valence-corrected chi connectivity index (χ0v) is 17.0. The highest BCUT2D eigenvalue weighted by Gasteiger charge is 2.37. The lowest BCUT2D eigenvalue weighted by molar-refractivity contribution is -0.127. The highest BCUT2D eigenvalue weighted by molar-refractivity contribution is 6.04. The van der Waals surface area contributed by atoms with Gasteiger partial charge in [0.1, 0.15) is 17.5 Å². The second-order valence-electron chi connectivity index (χ2n) is 6.91. The van der Waals surface area contributed by atoms with Crippen LogP contribution in [-0.4, -0.2) is 49.6 Å². The molecule has 30 heavy (non-hydrogen) atoms. The largest absolute Gasteiger partial charge is 0.497 e. The first-order valence-corrected chi connectivity index (χ1v) is 9.69. The first-order chi connectivity index (χ1) is 14.5. The molecule has 158 valence electrons. The number of hydrogen-bond acceptors (Lipinski definition) is 5. The summed E-state index contributed by atoms with van der Waals surface area (Å²) in [7, 11) is 3.17. The van der Waals surface area contributed by atoms with E-state index in [-0.39, 0.29) is 31.2 Å². The number of rotatable bonds is 9. The molecule has 1 aliphatic rings. The highest BCUT2D eigenvalue weighted by atomic mass is 16.5. The molecule has 1 atom stereocenters. The number of anilines is 1. The van der Waals surface area contributed by atoms with E-state index in [0.29, 0.717) is 17.9 Å². The fourth-order valence-electron chi connectivity index (χ4n) is 3.19. The Morgan fingerprint density at radius 3 is 2.20 bits per heavy atom. The third-order valence-corrected chi connectivity index (χ3v) is 4.92. The lowest BCUT2D eigenvalue weighted by Crippen LogP contribution is -2.33. The van der Waals surface area contributed by atoms with E-state index in [1.165, 1.54) is 4.90 Å². The zero-order chi connectivity index (χ0) is 21.5. The van der Waals surface area contributed by atoms with Crippen LogP contribution in [0.3, 0.4) is 0 Å². The molecule has 8 nitrogen and oxygen atoms in total. The maximum Gasteiger partial charge on any atom is 0.324 e. The van der Waals surface area contributed by atoms with Crippen molar-refractivity contribution >= 4 is 23.5 Å². The van der Waals surface area contributed by atoms with E-state index in [1.54, 1.807) is 38.5 Å². The smallest absolute Gasteiger partial charge is 0.324 e. The van der Waals surface area contributed by atoms with Crippen molar-refractivity contribution in [1.82, 2.24) is 10.2 Å². The van der Waals surface area contributed by atoms with Crippen molar-refractivity contribution in [2.24, 2.45) is 0 Å². The normalized spacial score (nSPS) is 15.7. The van der Waals surface area contributed by atoms with Crippen LogP contribution in [0.1, 0.15) is 18.4 Å². The van der Waals surface area contributed by atoms with Gasteiger partial charge in [0.15, 0.2) is 0 Å². The Bertz CT molecular complexity index is 896. The van der Waals surface area contributed by atoms with Gasteiger partial charge in [0, 0.05) is 18.7 Å². The molecule has 0 bridgehead atoms. The van der Waals surface area contributed by atoms with E-state index in [2.05, 4.69) is 10.6 Å². The SMILES string of the molecule is COc1ccc(CCN2C(=O)NC(CCC(=O)Nc3ccc(OC)cc3)C2=O)cc1. The predicted molar refractivity (Wildman–Crippen MR) is 112 cm³/mol. The number of ether oxygens (including phenoxy) is 2. The van der Waals surface area contributed by atoms with Gasteiger partial charge < -0.3 is 20.1 Å². The molecule has 1 heterocycles. The third kappa shape index (κ3) is 5.28. The molecule has 0 aliphatic carbocycles. The second-order valence-corrected chi connectivity index (χ2v) is 6.91. The molecule has 1 unspecified atom stereocenters. The van der Waals surface area contributed by atoms with Crippen molar-refractivity contribution < 1.29 is 23.9 Å². The van der Waals surface area contributed by atoms with Crippen molar-refractivity contribution in [2.45, 2.75) is 25.3 Å². The lowest BCUT2D eigenvalue weighted by atomic mass is 10.1. The average molecular weight is 411 g/mol. The van der Waals surface area contributed by atoms with E-state index >= 15 is 0 Å². The number of urea groups is 1. The zero-order valence-electron chi connectivity index (χ0n) is 17.0. The molecule has 1 aliphatic heterocycles. The summed E-state index contributed by atoms with van der Waals surface area (Å²) in [5.41, 5.74) is 1.64. The Balaban J connectivity index is 1.46. The molecule has 3 rings (SSSR count). The van der Waals surface area contributed by atoms with Crippen LogP contribution < -0.4 is 20.1 Å². The van der Waals surface area contributed by atoms with E-state index in [1.807, 2.05) is 24.3 Å². The molecular formula is C22H25N3O5. The van der Waals surface area contributed by atoms with Crippen molar-refractivity contribution in [3.63, 3.8) is 0 Å². The lowest BCUT2D eigenvalue weighted by Gasteiger charge is -2.13. The maximum absolute atomic E-state index is 12.6. The molecule has 1 fully saturated rings. The van der Waals surface area contributed by atoms with Crippen molar-refractivity contribution in [3.8, 4) is 11.5 Å². The summed E-state index contributed by atoms with van der Waals surface area (Å²) < 4.78 is 10.2. The van der Waals surface area contributed by atoms with E-state index in [9.17, 15) is 14.4 Å². The molecule has 0 saturated carbocycles. The molecular weight excluding hydrogens is 386 g/mol. The minimum absolute atomic E-state index is 0.120. The van der Waals surface area contributed by atoms with Crippen LogP contribution in [0, 0.1) is 0 Å². The number of hydrogen-bond donors (Lipinski definition) is 2. The number of nitrogens with zero attached hydrogens (tertiary/aromatic N) is 1. The molecule has 2 aromatic carbocycles. The predicted octanol–water partition coefficient (Wildman–Crippen LogP) is 2.59. The number of nitrogens with one attached hydrogen (secondary N) is 2. The Morgan fingerprint density at radius 1 is 1.00 bits per heavy atom. The van der Waals surface area contributed by atoms with Gasteiger partial charge in [0.2, 0.25) is 5.91 Å².